The SMILES string of the molecule is CN(c1ccccc1F)c1ccc(Cl)cc1CO. The molecular formula is C14H13ClFNO. The lowest BCUT2D eigenvalue weighted by molar-refractivity contribution is 0.282. The Labute approximate surface area is 110 Å². The Kier molecular flexibility index (Phi) is 3.84. The summed E-state index contributed by atoms with van der Waals surface area (Å²) in [7, 11) is 1.75. The van der Waals surface area contributed by atoms with E-state index in [1.54, 1.807) is 48.3 Å². The van der Waals surface area contributed by atoms with E-state index in [9.17, 15) is 9.50 Å². The van der Waals surface area contributed by atoms with Gasteiger partial charge in [0.2, 0.25) is 0 Å². The number of hydrogen-bond acceptors (Lipinski definition) is 2. The van der Waals surface area contributed by atoms with E-state index in [4.69, 9.17) is 11.6 Å². The number of rotatable bonds is 3. The molecule has 0 heterocycles. The molecule has 0 fully saturated rings. The van der Waals surface area contributed by atoms with E-state index in [2.05, 4.69) is 0 Å². The molecule has 0 atom stereocenters. The van der Waals surface area contributed by atoms with E-state index in [0.29, 0.717) is 16.3 Å². The lowest BCUT2D eigenvalue weighted by Crippen LogP contribution is -2.13. The summed E-state index contributed by atoms with van der Waals surface area (Å²) in [6.45, 7) is -0.144. The van der Waals surface area contributed by atoms with Crippen LogP contribution in [-0.4, -0.2) is 12.2 Å². The molecule has 0 bridgehead atoms. The highest BCUT2D eigenvalue weighted by Crippen LogP contribution is 2.30. The summed E-state index contributed by atoms with van der Waals surface area (Å²) in [5.74, 6) is -0.307. The van der Waals surface area contributed by atoms with Crippen LogP contribution in [0.4, 0.5) is 15.8 Å². The number of para-hydroxylation sites is 1. The molecule has 0 unspecified atom stereocenters. The first kappa shape index (κ1) is 12.9. The number of hydrogen-bond donors (Lipinski definition) is 1. The molecule has 0 aromatic heterocycles. The van der Waals surface area contributed by atoms with Crippen LogP contribution in [0.3, 0.4) is 0 Å². The smallest absolute Gasteiger partial charge is 0.146 e. The van der Waals surface area contributed by atoms with Gasteiger partial charge in [-0.3, -0.25) is 0 Å². The van der Waals surface area contributed by atoms with Crippen molar-refractivity contribution in [2.75, 3.05) is 11.9 Å². The second-order valence-electron chi connectivity index (χ2n) is 3.94. The van der Waals surface area contributed by atoms with Gasteiger partial charge in [-0.1, -0.05) is 23.7 Å². The van der Waals surface area contributed by atoms with Crippen LogP contribution in [0.2, 0.25) is 5.02 Å². The normalized spacial score (nSPS) is 10.4. The third-order valence-electron chi connectivity index (χ3n) is 2.79. The van der Waals surface area contributed by atoms with E-state index in [1.165, 1.54) is 6.07 Å². The van der Waals surface area contributed by atoms with Crippen molar-refractivity contribution in [3.8, 4) is 0 Å². The highest BCUT2D eigenvalue weighted by atomic mass is 35.5. The van der Waals surface area contributed by atoms with Gasteiger partial charge in [0.15, 0.2) is 0 Å². The minimum atomic E-state index is -0.307. The zero-order valence-electron chi connectivity index (χ0n) is 9.90. The van der Waals surface area contributed by atoms with Crippen LogP contribution >= 0.6 is 11.6 Å². The molecule has 2 aromatic carbocycles. The van der Waals surface area contributed by atoms with Gasteiger partial charge in [-0.05, 0) is 30.3 Å². The van der Waals surface area contributed by atoms with Crippen LogP contribution in [-0.2, 0) is 6.61 Å². The van der Waals surface area contributed by atoms with Gasteiger partial charge in [-0.25, -0.2) is 4.39 Å². The number of halogens is 2. The minimum absolute atomic E-state index is 0.144. The Balaban J connectivity index is 2.46. The summed E-state index contributed by atoms with van der Waals surface area (Å²) in [5, 5.41) is 9.87. The van der Waals surface area contributed by atoms with E-state index in [1.807, 2.05) is 0 Å². The number of benzene rings is 2. The summed E-state index contributed by atoms with van der Waals surface area (Å²) >= 11 is 5.87. The second-order valence-corrected chi connectivity index (χ2v) is 4.38. The summed E-state index contributed by atoms with van der Waals surface area (Å²) in [6, 6.07) is 11.7. The van der Waals surface area contributed by atoms with E-state index >= 15 is 0 Å². The lowest BCUT2D eigenvalue weighted by atomic mass is 10.1. The number of anilines is 2. The van der Waals surface area contributed by atoms with Crippen LogP contribution in [0.25, 0.3) is 0 Å². The van der Waals surface area contributed by atoms with E-state index in [-0.39, 0.29) is 12.4 Å². The highest BCUT2D eigenvalue weighted by molar-refractivity contribution is 6.30. The molecular weight excluding hydrogens is 253 g/mol. The Morgan fingerprint density at radius 2 is 1.89 bits per heavy atom. The Hall–Kier alpha value is -1.58. The number of aliphatic hydroxyl groups excluding tert-OH is 1. The van der Waals surface area contributed by atoms with Crippen molar-refractivity contribution in [3.63, 3.8) is 0 Å². The molecule has 2 aromatic rings. The van der Waals surface area contributed by atoms with Gasteiger partial charge in [-0.2, -0.15) is 0 Å². The molecule has 0 spiro atoms. The first-order valence-corrected chi connectivity index (χ1v) is 5.89. The molecule has 0 aliphatic rings. The summed E-state index contributed by atoms with van der Waals surface area (Å²) in [5.41, 5.74) is 1.84. The van der Waals surface area contributed by atoms with Crippen LogP contribution in [0.15, 0.2) is 42.5 Å². The van der Waals surface area contributed by atoms with Gasteiger partial charge < -0.3 is 10.0 Å². The van der Waals surface area contributed by atoms with Gasteiger partial charge in [0.1, 0.15) is 5.82 Å². The predicted octanol–water partition coefficient (Wildman–Crippen LogP) is 3.74. The minimum Gasteiger partial charge on any atom is -0.392 e. The van der Waals surface area contributed by atoms with E-state index in [0.717, 1.165) is 5.69 Å². The fourth-order valence-electron chi connectivity index (χ4n) is 1.86. The third-order valence-corrected chi connectivity index (χ3v) is 3.02. The largest absolute Gasteiger partial charge is 0.392 e. The molecule has 18 heavy (non-hydrogen) atoms. The maximum Gasteiger partial charge on any atom is 0.146 e. The van der Waals surface area contributed by atoms with E-state index < -0.39 is 0 Å². The first-order valence-electron chi connectivity index (χ1n) is 5.51. The molecule has 2 rings (SSSR count). The summed E-state index contributed by atoms with van der Waals surface area (Å²) < 4.78 is 13.7. The second kappa shape index (κ2) is 5.38. The summed E-state index contributed by atoms with van der Waals surface area (Å²) in [6.07, 6.45) is 0. The monoisotopic (exact) mass is 265 g/mol. The van der Waals surface area contributed by atoms with Crippen LogP contribution in [0, 0.1) is 5.82 Å². The van der Waals surface area contributed by atoms with Gasteiger partial charge in [-0.15, -0.1) is 0 Å². The molecule has 0 aliphatic carbocycles. The fraction of sp³-hybridized carbons (Fsp3) is 0.143. The Morgan fingerprint density at radius 3 is 2.56 bits per heavy atom. The third kappa shape index (κ3) is 2.47. The van der Waals surface area contributed by atoms with Crippen molar-refractivity contribution in [2.24, 2.45) is 0 Å². The summed E-state index contributed by atoms with van der Waals surface area (Å²) in [4.78, 5) is 1.69. The zero-order valence-corrected chi connectivity index (χ0v) is 10.7. The maximum absolute atomic E-state index is 13.7. The van der Waals surface area contributed by atoms with Gasteiger partial charge in [0.25, 0.3) is 0 Å². The molecule has 0 saturated heterocycles. The predicted molar refractivity (Wildman–Crippen MR) is 71.8 cm³/mol. The molecule has 0 amide bonds. The van der Waals surface area contributed by atoms with Gasteiger partial charge in [0, 0.05) is 23.3 Å². The average Bonchev–Trinajstić information content (AvgIpc) is 2.38. The van der Waals surface area contributed by atoms with Crippen molar-refractivity contribution >= 4 is 23.0 Å². The van der Waals surface area contributed by atoms with Crippen LogP contribution in [0.5, 0.6) is 0 Å². The Morgan fingerprint density at radius 1 is 1.17 bits per heavy atom. The molecule has 0 aliphatic heterocycles. The standard InChI is InChI=1S/C14H13ClFNO/c1-17(14-5-3-2-4-12(14)16)13-7-6-11(15)8-10(13)9-18/h2-8,18H,9H2,1H3. The zero-order chi connectivity index (χ0) is 13.1. The van der Waals surface area contributed by atoms with Crippen molar-refractivity contribution < 1.29 is 9.50 Å². The molecule has 0 radical (unpaired) electrons. The molecule has 94 valence electrons. The highest BCUT2D eigenvalue weighted by Gasteiger charge is 2.12. The average molecular weight is 266 g/mol. The van der Waals surface area contributed by atoms with Crippen molar-refractivity contribution in [1.29, 1.82) is 0 Å². The van der Waals surface area contributed by atoms with Gasteiger partial charge >= 0.3 is 0 Å². The molecule has 1 N–H and O–H groups in total. The van der Waals surface area contributed by atoms with Gasteiger partial charge in [0.05, 0.1) is 12.3 Å². The number of aliphatic hydroxyl groups is 1. The Bertz CT molecular complexity index is 559. The lowest BCUT2D eigenvalue weighted by Gasteiger charge is -2.22. The van der Waals surface area contributed by atoms with Crippen LogP contribution < -0.4 is 4.90 Å². The first-order chi connectivity index (χ1) is 8.63. The quantitative estimate of drug-likeness (QED) is 0.914. The van der Waals surface area contributed by atoms with Crippen molar-refractivity contribution in [1.82, 2.24) is 0 Å². The molecule has 4 heteroatoms. The molecule has 0 saturated carbocycles. The van der Waals surface area contributed by atoms with Crippen molar-refractivity contribution in [2.45, 2.75) is 6.61 Å². The topological polar surface area (TPSA) is 23.5 Å². The maximum atomic E-state index is 13.7. The van der Waals surface area contributed by atoms with Crippen molar-refractivity contribution in [3.05, 3.63) is 58.9 Å². The molecule has 2 nitrogen and oxygen atoms in total. The van der Waals surface area contributed by atoms with Crippen LogP contribution in [0.1, 0.15) is 5.56 Å². The number of nitrogens with zero attached hydrogens (tertiary/aromatic N) is 1. The fourth-order valence-corrected chi connectivity index (χ4v) is 2.06.